The first-order valence-corrected chi connectivity index (χ1v) is 9.58. The molecule has 1 amide bonds. The standard InChI is InChI=1S/C23H28N2O3/c1-15(13-17-9-10-21(27-3)22(14-17)28-4)23(26)24-12-11-18-16(2)25-20-8-6-5-7-19(18)20/h5-10,14-15,25H,11-13H2,1-4H3,(H,24,26). The van der Waals surface area contributed by atoms with E-state index in [1.165, 1.54) is 10.9 Å². The monoisotopic (exact) mass is 380 g/mol. The van der Waals surface area contributed by atoms with Gasteiger partial charge in [0.25, 0.3) is 0 Å². The first kappa shape index (κ1) is 19.8. The smallest absolute Gasteiger partial charge is 0.223 e. The average Bonchev–Trinajstić information content (AvgIpc) is 3.03. The number of para-hydroxylation sites is 1. The SMILES string of the molecule is COc1ccc(CC(C)C(=O)NCCc2c(C)[nH]c3ccccc23)cc1OC. The van der Waals surface area contributed by atoms with E-state index in [0.717, 1.165) is 23.2 Å². The fraction of sp³-hybridized carbons (Fsp3) is 0.348. The Labute approximate surface area is 166 Å². The van der Waals surface area contributed by atoms with Crippen LogP contribution < -0.4 is 14.8 Å². The summed E-state index contributed by atoms with van der Waals surface area (Å²) in [6, 6.07) is 14.0. The lowest BCUT2D eigenvalue weighted by Crippen LogP contribution is -2.32. The number of hydrogen-bond acceptors (Lipinski definition) is 3. The van der Waals surface area contributed by atoms with E-state index in [9.17, 15) is 4.79 Å². The molecule has 28 heavy (non-hydrogen) atoms. The van der Waals surface area contributed by atoms with Crippen molar-refractivity contribution in [1.29, 1.82) is 0 Å². The van der Waals surface area contributed by atoms with Crippen LogP contribution in [0.3, 0.4) is 0 Å². The second-order valence-corrected chi connectivity index (χ2v) is 7.11. The Hall–Kier alpha value is -2.95. The van der Waals surface area contributed by atoms with Gasteiger partial charge >= 0.3 is 0 Å². The van der Waals surface area contributed by atoms with E-state index in [2.05, 4.69) is 29.4 Å². The van der Waals surface area contributed by atoms with E-state index in [1.54, 1.807) is 14.2 Å². The number of aromatic nitrogens is 1. The number of ether oxygens (including phenoxy) is 2. The summed E-state index contributed by atoms with van der Waals surface area (Å²) in [5, 5.41) is 4.30. The summed E-state index contributed by atoms with van der Waals surface area (Å²) in [6.45, 7) is 4.65. The van der Waals surface area contributed by atoms with Crippen molar-refractivity contribution in [3.8, 4) is 11.5 Å². The summed E-state index contributed by atoms with van der Waals surface area (Å²) in [4.78, 5) is 15.9. The van der Waals surface area contributed by atoms with Crippen molar-refractivity contribution >= 4 is 16.8 Å². The van der Waals surface area contributed by atoms with Crippen molar-refractivity contribution in [1.82, 2.24) is 10.3 Å². The van der Waals surface area contributed by atoms with Gasteiger partial charge in [0, 0.05) is 29.1 Å². The van der Waals surface area contributed by atoms with E-state index in [0.29, 0.717) is 24.5 Å². The highest BCUT2D eigenvalue weighted by atomic mass is 16.5. The Balaban J connectivity index is 1.56. The minimum atomic E-state index is -0.123. The normalized spacial score (nSPS) is 12.0. The molecule has 0 aliphatic rings. The molecule has 5 nitrogen and oxygen atoms in total. The minimum Gasteiger partial charge on any atom is -0.493 e. The molecule has 0 fully saturated rings. The van der Waals surface area contributed by atoms with Gasteiger partial charge in [0.2, 0.25) is 5.91 Å². The fourth-order valence-electron chi connectivity index (χ4n) is 3.60. The quantitative estimate of drug-likeness (QED) is 0.620. The van der Waals surface area contributed by atoms with Gasteiger partial charge in [-0.3, -0.25) is 4.79 Å². The summed E-state index contributed by atoms with van der Waals surface area (Å²) >= 11 is 0. The molecule has 3 rings (SSSR count). The number of hydrogen-bond donors (Lipinski definition) is 2. The molecule has 2 aromatic carbocycles. The van der Waals surface area contributed by atoms with E-state index in [4.69, 9.17) is 9.47 Å². The maximum absolute atomic E-state index is 12.5. The van der Waals surface area contributed by atoms with Crippen molar-refractivity contribution in [2.24, 2.45) is 5.92 Å². The van der Waals surface area contributed by atoms with Crippen molar-refractivity contribution in [2.75, 3.05) is 20.8 Å². The van der Waals surface area contributed by atoms with Gasteiger partial charge in [-0.05, 0) is 49.1 Å². The van der Waals surface area contributed by atoms with Crippen molar-refractivity contribution < 1.29 is 14.3 Å². The number of methoxy groups -OCH3 is 2. The molecule has 148 valence electrons. The molecule has 0 saturated heterocycles. The van der Waals surface area contributed by atoms with Crippen LogP contribution in [0.15, 0.2) is 42.5 Å². The number of aryl methyl sites for hydroxylation is 1. The molecule has 0 aliphatic carbocycles. The lowest BCUT2D eigenvalue weighted by molar-refractivity contribution is -0.124. The lowest BCUT2D eigenvalue weighted by atomic mass is 9.99. The van der Waals surface area contributed by atoms with Gasteiger partial charge in [-0.25, -0.2) is 0 Å². The zero-order valence-electron chi connectivity index (χ0n) is 17.0. The Bertz CT molecular complexity index is 962. The summed E-state index contributed by atoms with van der Waals surface area (Å²) in [7, 11) is 3.23. The summed E-state index contributed by atoms with van der Waals surface area (Å²) in [6.07, 6.45) is 1.46. The molecule has 0 bridgehead atoms. The number of fused-ring (bicyclic) bond motifs is 1. The molecule has 3 aromatic rings. The van der Waals surface area contributed by atoms with Gasteiger partial charge in [-0.2, -0.15) is 0 Å². The van der Waals surface area contributed by atoms with Crippen LogP contribution in [0, 0.1) is 12.8 Å². The molecule has 2 N–H and O–H groups in total. The molecule has 5 heteroatoms. The Morgan fingerprint density at radius 3 is 2.61 bits per heavy atom. The van der Waals surface area contributed by atoms with Crippen LogP contribution in [-0.2, 0) is 17.6 Å². The lowest BCUT2D eigenvalue weighted by Gasteiger charge is -2.14. The highest BCUT2D eigenvalue weighted by Gasteiger charge is 2.15. The first-order chi connectivity index (χ1) is 13.5. The summed E-state index contributed by atoms with van der Waals surface area (Å²) in [5.41, 5.74) is 4.62. The maximum Gasteiger partial charge on any atom is 0.223 e. The molecule has 1 unspecified atom stereocenters. The number of amides is 1. The highest BCUT2D eigenvalue weighted by Crippen LogP contribution is 2.28. The minimum absolute atomic E-state index is 0.0623. The third kappa shape index (κ3) is 4.30. The molecule has 1 aromatic heterocycles. The summed E-state index contributed by atoms with van der Waals surface area (Å²) < 4.78 is 10.6. The molecule has 0 spiro atoms. The van der Waals surface area contributed by atoms with Crippen LogP contribution in [0.4, 0.5) is 0 Å². The van der Waals surface area contributed by atoms with Gasteiger partial charge in [0.15, 0.2) is 11.5 Å². The number of rotatable bonds is 8. The van der Waals surface area contributed by atoms with E-state index >= 15 is 0 Å². The Morgan fingerprint density at radius 2 is 1.86 bits per heavy atom. The highest BCUT2D eigenvalue weighted by molar-refractivity contribution is 5.84. The maximum atomic E-state index is 12.5. The van der Waals surface area contributed by atoms with Crippen LogP contribution in [0.25, 0.3) is 10.9 Å². The largest absolute Gasteiger partial charge is 0.493 e. The van der Waals surface area contributed by atoms with E-state index in [-0.39, 0.29) is 11.8 Å². The third-order valence-electron chi connectivity index (χ3n) is 5.14. The number of H-pyrrole nitrogens is 1. The number of carbonyl (C=O) groups is 1. The van der Waals surface area contributed by atoms with Crippen LogP contribution in [0.5, 0.6) is 11.5 Å². The van der Waals surface area contributed by atoms with Crippen LogP contribution in [0.2, 0.25) is 0 Å². The van der Waals surface area contributed by atoms with E-state index < -0.39 is 0 Å². The van der Waals surface area contributed by atoms with Crippen molar-refractivity contribution in [3.63, 3.8) is 0 Å². The third-order valence-corrected chi connectivity index (χ3v) is 5.14. The van der Waals surface area contributed by atoms with Crippen molar-refractivity contribution in [3.05, 3.63) is 59.3 Å². The van der Waals surface area contributed by atoms with Gasteiger partial charge < -0.3 is 19.8 Å². The van der Waals surface area contributed by atoms with Crippen LogP contribution >= 0.6 is 0 Å². The number of nitrogens with one attached hydrogen (secondary N) is 2. The second kappa shape index (κ2) is 8.83. The Kier molecular flexibility index (Phi) is 6.24. The number of carbonyl (C=O) groups excluding carboxylic acids is 1. The number of aromatic amines is 1. The van der Waals surface area contributed by atoms with Crippen LogP contribution in [0.1, 0.15) is 23.7 Å². The zero-order chi connectivity index (χ0) is 20.1. The predicted octanol–water partition coefficient (Wildman–Crippen LogP) is 4.03. The molecular weight excluding hydrogens is 352 g/mol. The van der Waals surface area contributed by atoms with Gasteiger partial charge in [0.1, 0.15) is 0 Å². The zero-order valence-corrected chi connectivity index (χ0v) is 17.0. The predicted molar refractivity (Wildman–Crippen MR) is 112 cm³/mol. The Morgan fingerprint density at radius 1 is 1.11 bits per heavy atom. The molecule has 0 saturated carbocycles. The first-order valence-electron chi connectivity index (χ1n) is 9.58. The molecule has 0 radical (unpaired) electrons. The molecule has 1 atom stereocenters. The van der Waals surface area contributed by atoms with Crippen molar-refractivity contribution in [2.45, 2.75) is 26.7 Å². The van der Waals surface area contributed by atoms with Gasteiger partial charge in [-0.1, -0.05) is 31.2 Å². The van der Waals surface area contributed by atoms with Gasteiger partial charge in [0.05, 0.1) is 14.2 Å². The molecule has 0 aliphatic heterocycles. The molecule has 1 heterocycles. The summed E-state index contributed by atoms with van der Waals surface area (Å²) in [5.74, 6) is 1.31. The van der Waals surface area contributed by atoms with Crippen LogP contribution in [-0.4, -0.2) is 31.7 Å². The van der Waals surface area contributed by atoms with Gasteiger partial charge in [-0.15, -0.1) is 0 Å². The second-order valence-electron chi connectivity index (χ2n) is 7.11. The average molecular weight is 380 g/mol. The fourth-order valence-corrected chi connectivity index (χ4v) is 3.60. The molecular formula is C23H28N2O3. The van der Waals surface area contributed by atoms with E-state index in [1.807, 2.05) is 37.3 Å². The topological polar surface area (TPSA) is 63.3 Å². The number of benzene rings is 2.